The number of halogens is 2. The highest BCUT2D eigenvalue weighted by atomic mass is 79.9. The molecule has 1 heterocycles. The van der Waals surface area contributed by atoms with Crippen molar-refractivity contribution in [2.75, 3.05) is 13.1 Å². The fourth-order valence-corrected chi connectivity index (χ4v) is 2.95. The Balaban J connectivity index is 2.34. The van der Waals surface area contributed by atoms with Crippen LogP contribution in [-0.2, 0) is 6.54 Å². The van der Waals surface area contributed by atoms with E-state index in [9.17, 15) is 4.79 Å². The molecule has 0 aliphatic heterocycles. The molecule has 102 valence electrons. The van der Waals surface area contributed by atoms with E-state index in [0.29, 0.717) is 11.0 Å². The van der Waals surface area contributed by atoms with Crippen LogP contribution in [0.5, 0.6) is 0 Å². The first-order valence-corrected chi connectivity index (χ1v) is 7.85. The molecule has 1 rings (SSSR count). The SMILES string of the molecule is CC(C)CCCNCCn1cc(Br)cc(Br)c1=O. The maximum Gasteiger partial charge on any atom is 0.264 e. The molecule has 0 aliphatic rings. The molecule has 0 fully saturated rings. The molecule has 0 spiro atoms. The zero-order chi connectivity index (χ0) is 13.5. The van der Waals surface area contributed by atoms with Crippen molar-refractivity contribution in [3.63, 3.8) is 0 Å². The summed E-state index contributed by atoms with van der Waals surface area (Å²) in [7, 11) is 0. The van der Waals surface area contributed by atoms with Gasteiger partial charge < -0.3 is 9.88 Å². The van der Waals surface area contributed by atoms with Crippen LogP contribution in [0.1, 0.15) is 26.7 Å². The number of hydrogen-bond acceptors (Lipinski definition) is 2. The molecular formula is C13H20Br2N2O. The molecule has 0 atom stereocenters. The van der Waals surface area contributed by atoms with Crippen molar-refractivity contribution < 1.29 is 0 Å². The quantitative estimate of drug-likeness (QED) is 0.736. The summed E-state index contributed by atoms with van der Waals surface area (Å²) in [5, 5.41) is 3.37. The van der Waals surface area contributed by atoms with E-state index in [4.69, 9.17) is 0 Å². The maximum absolute atomic E-state index is 11.8. The number of pyridine rings is 1. The number of hydrogen-bond donors (Lipinski definition) is 1. The number of nitrogens with zero attached hydrogens (tertiary/aromatic N) is 1. The molecule has 0 saturated carbocycles. The van der Waals surface area contributed by atoms with Gasteiger partial charge in [0.15, 0.2) is 0 Å². The number of rotatable bonds is 7. The second-order valence-electron chi connectivity index (χ2n) is 4.79. The van der Waals surface area contributed by atoms with Crippen molar-refractivity contribution in [1.82, 2.24) is 9.88 Å². The van der Waals surface area contributed by atoms with Crippen LogP contribution in [0.2, 0.25) is 0 Å². The molecule has 5 heteroatoms. The van der Waals surface area contributed by atoms with Gasteiger partial charge in [0.2, 0.25) is 0 Å². The molecule has 0 bridgehead atoms. The second kappa shape index (κ2) is 8.12. The standard InChI is InChI=1S/C13H20Br2N2O/c1-10(2)4-3-5-16-6-7-17-9-11(14)8-12(15)13(17)18/h8-10,16H,3-7H2,1-2H3. The largest absolute Gasteiger partial charge is 0.315 e. The summed E-state index contributed by atoms with van der Waals surface area (Å²) in [5.41, 5.74) is 0.0159. The van der Waals surface area contributed by atoms with Gasteiger partial charge in [0.05, 0.1) is 4.47 Å². The Bertz CT molecular complexity index is 429. The summed E-state index contributed by atoms with van der Waals surface area (Å²) < 4.78 is 3.22. The van der Waals surface area contributed by atoms with Gasteiger partial charge in [-0.15, -0.1) is 0 Å². The van der Waals surface area contributed by atoms with Crippen molar-refractivity contribution >= 4 is 31.9 Å². The van der Waals surface area contributed by atoms with Gasteiger partial charge in [0, 0.05) is 23.8 Å². The zero-order valence-corrected chi connectivity index (χ0v) is 14.1. The Kier molecular flexibility index (Phi) is 7.19. The van der Waals surface area contributed by atoms with Crippen molar-refractivity contribution in [3.05, 3.63) is 31.6 Å². The van der Waals surface area contributed by atoms with Crippen LogP contribution in [0.25, 0.3) is 0 Å². The fourth-order valence-electron chi connectivity index (χ4n) is 1.69. The van der Waals surface area contributed by atoms with Gasteiger partial charge in [0.25, 0.3) is 5.56 Å². The van der Waals surface area contributed by atoms with E-state index in [0.717, 1.165) is 23.5 Å². The van der Waals surface area contributed by atoms with Crippen LogP contribution < -0.4 is 10.9 Å². The molecule has 0 radical (unpaired) electrons. The van der Waals surface area contributed by atoms with Gasteiger partial charge in [-0.2, -0.15) is 0 Å². The third kappa shape index (κ3) is 5.67. The minimum atomic E-state index is 0.0159. The summed E-state index contributed by atoms with van der Waals surface area (Å²) >= 11 is 6.65. The lowest BCUT2D eigenvalue weighted by Gasteiger charge is -2.09. The van der Waals surface area contributed by atoms with Gasteiger partial charge in [-0.3, -0.25) is 4.79 Å². The molecule has 0 unspecified atom stereocenters. The lowest BCUT2D eigenvalue weighted by Crippen LogP contribution is -2.27. The average Bonchev–Trinajstić information content (AvgIpc) is 2.29. The molecule has 1 aromatic heterocycles. The highest BCUT2D eigenvalue weighted by Crippen LogP contribution is 2.12. The van der Waals surface area contributed by atoms with E-state index in [1.807, 2.05) is 6.20 Å². The van der Waals surface area contributed by atoms with Crippen molar-refractivity contribution in [1.29, 1.82) is 0 Å². The van der Waals surface area contributed by atoms with Gasteiger partial charge in [-0.25, -0.2) is 0 Å². The molecule has 0 saturated heterocycles. The lowest BCUT2D eigenvalue weighted by atomic mass is 10.1. The van der Waals surface area contributed by atoms with E-state index in [-0.39, 0.29) is 5.56 Å². The Hall–Kier alpha value is -0.130. The average molecular weight is 380 g/mol. The third-order valence-corrected chi connectivity index (χ3v) is 3.68. The predicted octanol–water partition coefficient (Wildman–Crippen LogP) is 3.40. The molecule has 1 aromatic rings. The fraction of sp³-hybridized carbons (Fsp3) is 0.615. The van der Waals surface area contributed by atoms with E-state index < -0.39 is 0 Å². The van der Waals surface area contributed by atoms with E-state index in [1.165, 1.54) is 12.8 Å². The van der Waals surface area contributed by atoms with Gasteiger partial charge in [-0.1, -0.05) is 13.8 Å². The smallest absolute Gasteiger partial charge is 0.264 e. The summed E-state index contributed by atoms with van der Waals surface area (Å²) in [6, 6.07) is 1.77. The molecule has 0 aromatic carbocycles. The van der Waals surface area contributed by atoms with Crippen molar-refractivity contribution in [3.8, 4) is 0 Å². The Morgan fingerprint density at radius 1 is 1.33 bits per heavy atom. The Morgan fingerprint density at radius 2 is 2.06 bits per heavy atom. The van der Waals surface area contributed by atoms with Crippen LogP contribution in [0, 0.1) is 5.92 Å². The van der Waals surface area contributed by atoms with Crippen LogP contribution in [0.3, 0.4) is 0 Å². The highest BCUT2D eigenvalue weighted by molar-refractivity contribution is 9.11. The maximum atomic E-state index is 11.8. The summed E-state index contributed by atoms with van der Waals surface area (Å²) in [4.78, 5) is 11.8. The summed E-state index contributed by atoms with van der Waals surface area (Å²) in [5.74, 6) is 0.760. The normalized spacial score (nSPS) is 11.2. The number of nitrogens with one attached hydrogen (secondary N) is 1. The van der Waals surface area contributed by atoms with Crippen molar-refractivity contribution in [2.24, 2.45) is 5.92 Å². The molecular weight excluding hydrogens is 360 g/mol. The lowest BCUT2D eigenvalue weighted by molar-refractivity contribution is 0.512. The molecule has 0 aliphatic carbocycles. The zero-order valence-electron chi connectivity index (χ0n) is 10.9. The van der Waals surface area contributed by atoms with E-state index in [1.54, 1.807) is 10.6 Å². The summed E-state index contributed by atoms with van der Waals surface area (Å²) in [6.07, 6.45) is 4.26. The van der Waals surface area contributed by atoms with Crippen LogP contribution >= 0.6 is 31.9 Å². The van der Waals surface area contributed by atoms with Gasteiger partial charge in [-0.05, 0) is 63.2 Å². The van der Waals surface area contributed by atoms with Crippen molar-refractivity contribution in [2.45, 2.75) is 33.2 Å². The minimum absolute atomic E-state index is 0.0159. The Morgan fingerprint density at radius 3 is 2.72 bits per heavy atom. The third-order valence-electron chi connectivity index (χ3n) is 2.67. The monoisotopic (exact) mass is 378 g/mol. The second-order valence-corrected chi connectivity index (χ2v) is 6.56. The summed E-state index contributed by atoms with van der Waals surface area (Å²) in [6.45, 7) is 7.00. The molecule has 3 nitrogen and oxygen atoms in total. The van der Waals surface area contributed by atoms with Gasteiger partial charge in [0.1, 0.15) is 0 Å². The topological polar surface area (TPSA) is 34.0 Å². The van der Waals surface area contributed by atoms with Crippen LogP contribution in [0.15, 0.2) is 26.0 Å². The first kappa shape index (κ1) is 15.9. The minimum Gasteiger partial charge on any atom is -0.315 e. The first-order valence-electron chi connectivity index (χ1n) is 6.27. The predicted molar refractivity (Wildman–Crippen MR) is 83.0 cm³/mol. The number of aromatic nitrogens is 1. The molecule has 18 heavy (non-hydrogen) atoms. The highest BCUT2D eigenvalue weighted by Gasteiger charge is 2.02. The van der Waals surface area contributed by atoms with E-state index in [2.05, 4.69) is 51.0 Å². The van der Waals surface area contributed by atoms with Gasteiger partial charge >= 0.3 is 0 Å². The Labute approximate surface area is 125 Å². The van der Waals surface area contributed by atoms with Crippen LogP contribution in [-0.4, -0.2) is 17.7 Å². The molecule has 1 N–H and O–H groups in total. The van der Waals surface area contributed by atoms with Crippen LogP contribution in [0.4, 0.5) is 0 Å². The van der Waals surface area contributed by atoms with E-state index >= 15 is 0 Å². The first-order chi connectivity index (χ1) is 8.50. The molecule has 0 amide bonds.